The number of benzene rings is 6. The highest BCUT2D eigenvalue weighted by Crippen LogP contribution is 2.39. The van der Waals surface area contributed by atoms with Crippen molar-refractivity contribution in [3.8, 4) is 11.1 Å². The summed E-state index contributed by atoms with van der Waals surface area (Å²) in [6.07, 6.45) is 0. The van der Waals surface area contributed by atoms with Crippen molar-refractivity contribution in [1.82, 2.24) is 0 Å². The highest BCUT2D eigenvalue weighted by Gasteiger charge is 2.17. The first-order chi connectivity index (χ1) is 24.4. The largest absolute Gasteiger partial charge is 0.423 e. The third-order valence-corrected chi connectivity index (χ3v) is 9.00. The molecule has 50 heavy (non-hydrogen) atoms. The topological polar surface area (TPSA) is 66.9 Å². The number of nitrogens with zero attached hydrogens (tertiary/aromatic N) is 2. The Morgan fingerprint density at radius 1 is 0.380 bits per heavy atom. The van der Waals surface area contributed by atoms with Gasteiger partial charge in [0.1, 0.15) is 11.2 Å². The van der Waals surface area contributed by atoms with E-state index in [0.717, 1.165) is 67.2 Å². The van der Waals surface area contributed by atoms with Crippen molar-refractivity contribution in [3.05, 3.63) is 190 Å². The zero-order valence-corrected chi connectivity index (χ0v) is 27.5. The molecule has 2 heterocycles. The lowest BCUT2D eigenvalue weighted by atomic mass is 10.0. The molecule has 0 saturated carbocycles. The molecule has 6 aromatic carbocycles. The number of para-hydroxylation sites is 2. The van der Waals surface area contributed by atoms with E-state index in [-0.39, 0.29) is 11.3 Å². The fraction of sp³-hybridized carbons (Fsp3) is 0.0455. The second-order valence-corrected chi connectivity index (χ2v) is 12.3. The molecule has 0 aliphatic carbocycles. The van der Waals surface area contributed by atoms with Crippen LogP contribution < -0.4 is 21.1 Å². The van der Waals surface area contributed by atoms with E-state index in [9.17, 15) is 9.59 Å². The van der Waals surface area contributed by atoms with Crippen molar-refractivity contribution < 1.29 is 8.83 Å². The molecule has 0 saturated heterocycles. The maximum Gasteiger partial charge on any atom is 0.336 e. The number of anilines is 6. The minimum atomic E-state index is -0.360. The van der Waals surface area contributed by atoms with Gasteiger partial charge < -0.3 is 18.6 Å². The van der Waals surface area contributed by atoms with Crippen LogP contribution in [0.4, 0.5) is 34.1 Å². The van der Waals surface area contributed by atoms with Gasteiger partial charge in [0, 0.05) is 69.2 Å². The molecule has 0 atom stereocenters. The van der Waals surface area contributed by atoms with Gasteiger partial charge in [0.15, 0.2) is 0 Å². The van der Waals surface area contributed by atoms with Crippen LogP contribution in [0.5, 0.6) is 0 Å². The minimum absolute atomic E-state index is 0.360. The summed E-state index contributed by atoms with van der Waals surface area (Å²) < 4.78 is 11.2. The highest BCUT2D eigenvalue weighted by atomic mass is 16.4. The van der Waals surface area contributed by atoms with Crippen LogP contribution in [-0.2, 0) is 0 Å². The van der Waals surface area contributed by atoms with E-state index in [1.165, 1.54) is 12.1 Å². The van der Waals surface area contributed by atoms with E-state index in [4.69, 9.17) is 8.83 Å². The number of hydrogen-bond donors (Lipinski definition) is 0. The van der Waals surface area contributed by atoms with Crippen LogP contribution in [0.2, 0.25) is 0 Å². The first-order valence-corrected chi connectivity index (χ1v) is 16.4. The Morgan fingerprint density at radius 2 is 0.720 bits per heavy atom. The molecule has 0 aliphatic heterocycles. The third kappa shape index (κ3) is 5.84. The lowest BCUT2D eigenvalue weighted by Crippen LogP contribution is -2.10. The van der Waals surface area contributed by atoms with Gasteiger partial charge >= 0.3 is 11.3 Å². The van der Waals surface area contributed by atoms with Gasteiger partial charge in [-0.3, -0.25) is 0 Å². The van der Waals surface area contributed by atoms with Crippen LogP contribution in [0.3, 0.4) is 0 Å². The molecule has 0 bridgehead atoms. The van der Waals surface area contributed by atoms with Gasteiger partial charge in [0.05, 0.1) is 0 Å². The smallest absolute Gasteiger partial charge is 0.336 e. The molecule has 8 rings (SSSR count). The Bertz CT molecular complexity index is 2410. The predicted octanol–water partition coefficient (Wildman–Crippen LogP) is 11.1. The zero-order valence-electron chi connectivity index (χ0n) is 27.5. The Kier molecular flexibility index (Phi) is 7.82. The van der Waals surface area contributed by atoms with Gasteiger partial charge in [-0.25, -0.2) is 9.59 Å². The van der Waals surface area contributed by atoms with Crippen LogP contribution in [0.15, 0.2) is 176 Å². The molecule has 0 unspecified atom stereocenters. The van der Waals surface area contributed by atoms with Crippen molar-refractivity contribution in [1.29, 1.82) is 0 Å². The van der Waals surface area contributed by atoms with Crippen LogP contribution in [0.25, 0.3) is 33.1 Å². The predicted molar refractivity (Wildman–Crippen MR) is 203 cm³/mol. The Balaban J connectivity index is 1.14. The molecular weight excluding hydrogens is 620 g/mol. The summed E-state index contributed by atoms with van der Waals surface area (Å²) in [6, 6.07) is 52.2. The summed E-state index contributed by atoms with van der Waals surface area (Å²) in [5, 5.41) is 1.82. The lowest BCUT2D eigenvalue weighted by molar-refractivity contribution is 0.559. The molecule has 6 heteroatoms. The maximum atomic E-state index is 12.2. The van der Waals surface area contributed by atoms with Gasteiger partial charge in [0.25, 0.3) is 0 Å². The van der Waals surface area contributed by atoms with Crippen LogP contribution in [0, 0.1) is 13.8 Å². The highest BCUT2D eigenvalue weighted by molar-refractivity contribution is 5.89. The van der Waals surface area contributed by atoms with Crippen molar-refractivity contribution in [2.24, 2.45) is 0 Å². The molecule has 0 N–H and O–H groups in total. The molecule has 0 amide bonds. The summed E-state index contributed by atoms with van der Waals surface area (Å²) in [5.74, 6) is 0. The van der Waals surface area contributed by atoms with E-state index < -0.39 is 0 Å². The average molecular weight is 653 g/mol. The molecular formula is C44H32N2O4. The molecule has 242 valence electrons. The fourth-order valence-corrected chi connectivity index (χ4v) is 6.56. The van der Waals surface area contributed by atoms with Gasteiger partial charge in [-0.15, -0.1) is 0 Å². The van der Waals surface area contributed by atoms with Crippen LogP contribution in [0.1, 0.15) is 11.1 Å². The quantitative estimate of drug-likeness (QED) is 0.160. The minimum Gasteiger partial charge on any atom is -0.423 e. The Morgan fingerprint density at radius 3 is 1.10 bits per heavy atom. The zero-order chi connectivity index (χ0) is 34.2. The van der Waals surface area contributed by atoms with Crippen molar-refractivity contribution in [3.63, 3.8) is 0 Å². The summed E-state index contributed by atoms with van der Waals surface area (Å²) in [6.45, 7) is 3.84. The van der Waals surface area contributed by atoms with E-state index in [2.05, 4.69) is 94.7 Å². The van der Waals surface area contributed by atoms with Crippen molar-refractivity contribution in [2.75, 3.05) is 9.80 Å². The summed E-state index contributed by atoms with van der Waals surface area (Å²) in [5.41, 5.74) is 10.0. The summed E-state index contributed by atoms with van der Waals surface area (Å²) in [4.78, 5) is 28.7. The molecule has 0 aliphatic rings. The lowest BCUT2D eigenvalue weighted by Gasteiger charge is -2.26. The number of fused-ring (bicyclic) bond motifs is 2. The molecule has 0 radical (unpaired) electrons. The maximum absolute atomic E-state index is 12.2. The number of hydrogen-bond acceptors (Lipinski definition) is 6. The SMILES string of the molecule is Cc1cc(=O)oc2cc(N(c3ccccc3)c3ccc(-c4ccc(N(c5ccccc5)c5ccc6c(C)cc(=O)oc6c5)cc4)cc3)ccc12. The van der Waals surface area contributed by atoms with E-state index in [1.807, 2.05) is 74.5 Å². The van der Waals surface area contributed by atoms with E-state index in [0.29, 0.717) is 11.2 Å². The molecule has 0 fully saturated rings. The Labute approximate surface area is 288 Å². The molecule has 2 aromatic heterocycles. The van der Waals surface area contributed by atoms with Crippen molar-refractivity contribution in [2.45, 2.75) is 13.8 Å². The summed E-state index contributed by atoms with van der Waals surface area (Å²) in [7, 11) is 0. The Hall–Kier alpha value is -6.66. The first-order valence-electron chi connectivity index (χ1n) is 16.4. The monoisotopic (exact) mass is 652 g/mol. The van der Waals surface area contributed by atoms with Crippen molar-refractivity contribution >= 4 is 56.1 Å². The van der Waals surface area contributed by atoms with Gasteiger partial charge in [0.2, 0.25) is 0 Å². The average Bonchev–Trinajstić information content (AvgIpc) is 3.13. The van der Waals surface area contributed by atoms with Gasteiger partial charge in [-0.05, 0) is 109 Å². The number of aryl methyl sites for hydroxylation is 2. The fourth-order valence-electron chi connectivity index (χ4n) is 6.56. The molecule has 0 spiro atoms. The normalized spacial score (nSPS) is 11.2. The second-order valence-electron chi connectivity index (χ2n) is 12.3. The van der Waals surface area contributed by atoms with E-state index >= 15 is 0 Å². The first kappa shape index (κ1) is 30.7. The number of rotatable bonds is 7. The van der Waals surface area contributed by atoms with Crippen LogP contribution in [-0.4, -0.2) is 0 Å². The second kappa shape index (κ2) is 12.7. The van der Waals surface area contributed by atoms with Gasteiger partial charge in [-0.2, -0.15) is 0 Å². The van der Waals surface area contributed by atoms with Crippen LogP contribution >= 0.6 is 0 Å². The van der Waals surface area contributed by atoms with Gasteiger partial charge in [-0.1, -0.05) is 60.7 Å². The summed E-state index contributed by atoms with van der Waals surface area (Å²) >= 11 is 0. The molecule has 8 aromatic rings. The standard InChI is InChI=1S/C44H32N2O4/c1-29-25-43(47)49-41-27-37(21-23-39(29)41)45(33-9-5-3-6-10-33)35-17-13-31(14-18-35)32-15-19-36(20-16-32)46(34-11-7-4-8-12-34)38-22-24-40-30(2)26-44(48)50-42(40)28-38/h3-28H,1-2H3. The third-order valence-electron chi connectivity index (χ3n) is 9.00. The van der Waals surface area contributed by atoms with E-state index in [1.54, 1.807) is 0 Å². The molecule has 6 nitrogen and oxygen atoms in total.